The highest BCUT2D eigenvalue weighted by Gasteiger charge is 2.24. The molecule has 2 aromatic heterocycles. The van der Waals surface area contributed by atoms with Crippen LogP contribution in [-0.2, 0) is 6.54 Å². The van der Waals surface area contributed by atoms with Gasteiger partial charge in [0.2, 0.25) is 12.7 Å². The van der Waals surface area contributed by atoms with Gasteiger partial charge < -0.3 is 14.6 Å². The number of para-hydroxylation sites is 1. The predicted molar refractivity (Wildman–Crippen MR) is 156 cm³/mol. The maximum Gasteiger partial charge on any atom is 0.271 e. The molecule has 0 unspecified atom stereocenters. The standard InChI is InChI=1S/C33H23FN4O5/c1-20-26(16-35)32(40)37(17-21-7-14-28-29(15-21)43-19-42-28)33(41)30(20)27(39)13-10-23-18-38(25-5-3-2-4-6-25)36-31(23)22-8-11-24(34)12-9-22/h2-15,18,41H,17,19H2,1H3/b13-10+. The summed E-state index contributed by atoms with van der Waals surface area (Å²) < 4.78 is 27.0. The molecule has 43 heavy (non-hydrogen) atoms. The Morgan fingerprint density at radius 3 is 2.58 bits per heavy atom. The lowest BCUT2D eigenvalue weighted by molar-refractivity contribution is 0.104. The average molecular weight is 575 g/mol. The summed E-state index contributed by atoms with van der Waals surface area (Å²) in [7, 11) is 0. The molecule has 0 fully saturated rings. The second-order valence-electron chi connectivity index (χ2n) is 9.81. The van der Waals surface area contributed by atoms with E-state index in [2.05, 4.69) is 5.10 Å². The van der Waals surface area contributed by atoms with E-state index in [4.69, 9.17) is 9.47 Å². The minimum atomic E-state index is -0.724. The number of aromatic nitrogens is 3. The first kappa shape index (κ1) is 27.2. The molecule has 3 heterocycles. The van der Waals surface area contributed by atoms with E-state index in [1.165, 1.54) is 31.2 Å². The van der Waals surface area contributed by atoms with E-state index in [-0.39, 0.29) is 30.0 Å². The van der Waals surface area contributed by atoms with Gasteiger partial charge in [0.25, 0.3) is 5.56 Å². The number of halogens is 1. The number of hydrogen-bond acceptors (Lipinski definition) is 7. The van der Waals surface area contributed by atoms with Gasteiger partial charge >= 0.3 is 0 Å². The van der Waals surface area contributed by atoms with Gasteiger partial charge in [-0.25, -0.2) is 9.07 Å². The number of benzene rings is 3. The molecule has 0 atom stereocenters. The molecule has 0 spiro atoms. The molecule has 0 bridgehead atoms. The van der Waals surface area contributed by atoms with Crippen LogP contribution in [0.4, 0.5) is 4.39 Å². The number of hydrogen-bond donors (Lipinski definition) is 1. The molecule has 6 rings (SSSR count). The van der Waals surface area contributed by atoms with Gasteiger partial charge in [0.15, 0.2) is 17.3 Å². The topological polar surface area (TPSA) is 119 Å². The lowest BCUT2D eigenvalue weighted by Crippen LogP contribution is -2.26. The number of aromatic hydroxyl groups is 1. The molecule has 0 aliphatic carbocycles. The second kappa shape index (κ2) is 11.1. The largest absolute Gasteiger partial charge is 0.494 e. The summed E-state index contributed by atoms with van der Waals surface area (Å²) in [5.41, 5.74) is 1.98. The van der Waals surface area contributed by atoms with Crippen LogP contribution in [0.1, 0.15) is 32.6 Å². The summed E-state index contributed by atoms with van der Waals surface area (Å²) in [6, 6.07) is 22.1. The van der Waals surface area contributed by atoms with Crippen molar-refractivity contribution in [1.29, 1.82) is 5.26 Å². The quantitative estimate of drug-likeness (QED) is 0.204. The monoisotopic (exact) mass is 574 g/mol. The molecule has 9 nitrogen and oxygen atoms in total. The van der Waals surface area contributed by atoms with Crippen molar-refractivity contribution in [1.82, 2.24) is 14.3 Å². The number of nitriles is 1. The van der Waals surface area contributed by atoms with Crippen molar-refractivity contribution in [3.05, 3.63) is 129 Å². The van der Waals surface area contributed by atoms with Gasteiger partial charge in [0.05, 0.1) is 23.5 Å². The number of pyridine rings is 1. The van der Waals surface area contributed by atoms with Crippen LogP contribution >= 0.6 is 0 Å². The molecule has 5 aromatic rings. The molecule has 0 amide bonds. The highest BCUT2D eigenvalue weighted by molar-refractivity contribution is 6.09. The first-order valence-corrected chi connectivity index (χ1v) is 13.2. The van der Waals surface area contributed by atoms with Crippen molar-refractivity contribution in [2.24, 2.45) is 0 Å². The van der Waals surface area contributed by atoms with E-state index < -0.39 is 23.0 Å². The number of nitrogens with zero attached hydrogens (tertiary/aromatic N) is 4. The van der Waals surface area contributed by atoms with Gasteiger partial charge in [-0.3, -0.25) is 14.2 Å². The highest BCUT2D eigenvalue weighted by atomic mass is 19.1. The van der Waals surface area contributed by atoms with Gasteiger partial charge in [0, 0.05) is 17.3 Å². The normalized spacial score (nSPS) is 12.0. The van der Waals surface area contributed by atoms with Gasteiger partial charge in [-0.1, -0.05) is 24.3 Å². The second-order valence-corrected chi connectivity index (χ2v) is 9.81. The van der Waals surface area contributed by atoms with Crippen LogP contribution in [0.3, 0.4) is 0 Å². The molecule has 10 heteroatoms. The van der Waals surface area contributed by atoms with E-state index in [0.717, 1.165) is 10.3 Å². The molecular formula is C33H23FN4O5. The van der Waals surface area contributed by atoms with Crippen molar-refractivity contribution in [2.75, 3.05) is 6.79 Å². The van der Waals surface area contributed by atoms with Crippen LogP contribution in [0.15, 0.2) is 89.9 Å². The molecular weight excluding hydrogens is 551 g/mol. The number of carbonyl (C=O) groups excluding carboxylic acids is 1. The van der Waals surface area contributed by atoms with Crippen molar-refractivity contribution >= 4 is 11.9 Å². The van der Waals surface area contributed by atoms with Crippen molar-refractivity contribution in [2.45, 2.75) is 13.5 Å². The van der Waals surface area contributed by atoms with E-state index in [9.17, 15) is 24.3 Å². The van der Waals surface area contributed by atoms with E-state index in [0.29, 0.717) is 33.9 Å². The number of ether oxygens (including phenoxy) is 2. The molecule has 0 saturated heterocycles. The maximum absolute atomic E-state index is 13.6. The lowest BCUT2D eigenvalue weighted by Gasteiger charge is -2.15. The van der Waals surface area contributed by atoms with Crippen LogP contribution in [0.25, 0.3) is 23.0 Å². The third-order valence-corrected chi connectivity index (χ3v) is 7.12. The van der Waals surface area contributed by atoms with Gasteiger partial charge in [-0.15, -0.1) is 0 Å². The fourth-order valence-corrected chi connectivity index (χ4v) is 4.92. The maximum atomic E-state index is 13.6. The zero-order chi connectivity index (χ0) is 30.1. The Morgan fingerprint density at radius 2 is 1.84 bits per heavy atom. The Hall–Kier alpha value is -5.95. The summed E-state index contributed by atoms with van der Waals surface area (Å²) >= 11 is 0. The minimum absolute atomic E-state index is 0.0697. The molecule has 1 aliphatic heterocycles. The third kappa shape index (κ3) is 5.15. The van der Waals surface area contributed by atoms with E-state index >= 15 is 0 Å². The summed E-state index contributed by atoms with van der Waals surface area (Å²) in [5.74, 6) is -0.534. The van der Waals surface area contributed by atoms with Crippen LogP contribution in [0.2, 0.25) is 0 Å². The molecule has 1 N–H and O–H groups in total. The van der Waals surface area contributed by atoms with Crippen molar-refractivity contribution < 1.29 is 23.8 Å². The third-order valence-electron chi connectivity index (χ3n) is 7.12. The van der Waals surface area contributed by atoms with Gasteiger partial charge in [0.1, 0.15) is 17.4 Å². The average Bonchev–Trinajstić information content (AvgIpc) is 3.66. The summed E-state index contributed by atoms with van der Waals surface area (Å²) in [6.07, 6.45) is 4.51. The number of fused-ring (bicyclic) bond motifs is 1. The lowest BCUT2D eigenvalue weighted by atomic mass is 10.00. The SMILES string of the molecule is Cc1c(C(=O)/C=C/c2cn(-c3ccccc3)nc2-c2ccc(F)cc2)c(O)n(Cc2ccc3c(c2)OCO3)c(=O)c1C#N. The zero-order valence-electron chi connectivity index (χ0n) is 22.8. The Balaban J connectivity index is 1.40. The fourth-order valence-electron chi connectivity index (χ4n) is 4.92. The van der Waals surface area contributed by atoms with Crippen molar-refractivity contribution in [3.63, 3.8) is 0 Å². The Morgan fingerprint density at radius 1 is 1.09 bits per heavy atom. The van der Waals surface area contributed by atoms with E-state index in [1.807, 2.05) is 36.4 Å². The Bertz CT molecular complexity index is 2000. The highest BCUT2D eigenvalue weighted by Crippen LogP contribution is 2.33. The minimum Gasteiger partial charge on any atom is -0.494 e. The predicted octanol–water partition coefficient (Wildman–Crippen LogP) is 5.40. The van der Waals surface area contributed by atoms with Crippen LogP contribution < -0.4 is 15.0 Å². The summed E-state index contributed by atoms with van der Waals surface area (Å²) in [4.78, 5) is 26.7. The Kier molecular flexibility index (Phi) is 7.06. The van der Waals surface area contributed by atoms with Crippen LogP contribution in [0, 0.1) is 24.1 Å². The zero-order valence-corrected chi connectivity index (χ0v) is 22.8. The number of rotatable bonds is 7. The molecule has 3 aromatic carbocycles. The summed E-state index contributed by atoms with van der Waals surface area (Å²) in [5, 5.41) is 25.6. The number of ketones is 1. The van der Waals surface area contributed by atoms with Crippen LogP contribution in [0.5, 0.6) is 17.4 Å². The van der Waals surface area contributed by atoms with E-state index in [1.54, 1.807) is 41.2 Å². The summed E-state index contributed by atoms with van der Waals surface area (Å²) in [6.45, 7) is 1.41. The van der Waals surface area contributed by atoms with Crippen LogP contribution in [-0.4, -0.2) is 32.0 Å². The number of allylic oxidation sites excluding steroid dienone is 1. The van der Waals surface area contributed by atoms with Crippen molar-refractivity contribution in [3.8, 4) is 40.4 Å². The molecule has 212 valence electrons. The molecule has 0 saturated carbocycles. The van der Waals surface area contributed by atoms with Gasteiger partial charge in [-0.05, 0) is 78.7 Å². The molecule has 0 radical (unpaired) electrons. The molecule has 1 aliphatic rings. The van der Waals surface area contributed by atoms with Gasteiger partial charge in [-0.2, -0.15) is 10.4 Å². The smallest absolute Gasteiger partial charge is 0.271 e. The Labute approximate surface area is 244 Å². The number of carbonyl (C=O) groups is 1. The first-order valence-electron chi connectivity index (χ1n) is 13.2. The fraction of sp³-hybridized carbons (Fsp3) is 0.0909. The first-order chi connectivity index (χ1) is 20.8.